The molecule has 0 unspecified atom stereocenters. The number of hydrogen-bond donors (Lipinski definition) is 0. The summed E-state index contributed by atoms with van der Waals surface area (Å²) in [6.07, 6.45) is 0.393. The molecule has 0 heterocycles. The van der Waals surface area contributed by atoms with E-state index in [1.165, 1.54) is 0 Å². The number of Topliss-reactive ketones (excluding diaryl/α,β-unsaturated/α-hetero) is 1. The zero-order chi connectivity index (χ0) is 16.3. The minimum absolute atomic E-state index is 0.0900. The highest BCUT2D eigenvalue weighted by molar-refractivity contribution is 5.99. The summed E-state index contributed by atoms with van der Waals surface area (Å²) >= 11 is 0. The molecule has 3 nitrogen and oxygen atoms in total. The van der Waals surface area contributed by atoms with Crippen molar-refractivity contribution in [3.8, 4) is 11.5 Å². The number of hydrogen-bond acceptors (Lipinski definition) is 3. The number of ether oxygens (including phenoxy) is 2. The van der Waals surface area contributed by atoms with Gasteiger partial charge in [-0.25, -0.2) is 0 Å². The van der Waals surface area contributed by atoms with E-state index in [1.54, 1.807) is 20.3 Å². The van der Waals surface area contributed by atoms with E-state index >= 15 is 0 Å². The van der Waals surface area contributed by atoms with Gasteiger partial charge in [0, 0.05) is 12.0 Å². The lowest BCUT2D eigenvalue weighted by molar-refractivity contribution is 0.0992. The fourth-order valence-corrected chi connectivity index (χ4v) is 2.54. The average molecular weight is 298 g/mol. The Morgan fingerprint density at radius 1 is 0.909 bits per heavy atom. The van der Waals surface area contributed by atoms with E-state index in [-0.39, 0.29) is 5.78 Å². The van der Waals surface area contributed by atoms with Gasteiger partial charge in [0.2, 0.25) is 0 Å². The van der Waals surface area contributed by atoms with Crippen molar-refractivity contribution in [2.75, 3.05) is 14.2 Å². The second-order valence-electron chi connectivity index (χ2n) is 5.55. The topological polar surface area (TPSA) is 35.5 Å². The first kappa shape index (κ1) is 16.1. The number of methoxy groups -OCH3 is 2. The Kier molecular flexibility index (Phi) is 4.86. The Hall–Kier alpha value is -2.29. The maximum atomic E-state index is 12.7. The van der Waals surface area contributed by atoms with Crippen molar-refractivity contribution in [2.24, 2.45) is 0 Å². The van der Waals surface area contributed by atoms with Gasteiger partial charge in [-0.3, -0.25) is 4.79 Å². The minimum atomic E-state index is 0.0900. The molecule has 0 amide bonds. The fraction of sp³-hybridized carbons (Fsp3) is 0.316. The highest BCUT2D eigenvalue weighted by Gasteiger charge is 2.15. The molecule has 2 rings (SSSR count). The predicted molar refractivity (Wildman–Crippen MR) is 88.2 cm³/mol. The van der Waals surface area contributed by atoms with Gasteiger partial charge < -0.3 is 9.47 Å². The second-order valence-corrected chi connectivity index (χ2v) is 5.55. The summed E-state index contributed by atoms with van der Waals surface area (Å²) in [7, 11) is 3.17. The van der Waals surface area contributed by atoms with Crippen LogP contribution in [0.2, 0.25) is 0 Å². The maximum Gasteiger partial charge on any atom is 0.167 e. The van der Waals surface area contributed by atoms with Gasteiger partial charge in [0.25, 0.3) is 0 Å². The van der Waals surface area contributed by atoms with Crippen LogP contribution in [0.25, 0.3) is 0 Å². The molecule has 0 saturated heterocycles. The van der Waals surface area contributed by atoms with Crippen molar-refractivity contribution in [1.29, 1.82) is 0 Å². The Morgan fingerprint density at radius 3 is 2.18 bits per heavy atom. The molecular formula is C19H22O3. The zero-order valence-corrected chi connectivity index (χ0v) is 13.8. The zero-order valence-electron chi connectivity index (χ0n) is 13.8. The summed E-state index contributed by atoms with van der Waals surface area (Å²) in [4.78, 5) is 12.7. The van der Waals surface area contributed by atoms with Crippen LogP contribution in [-0.4, -0.2) is 20.0 Å². The first-order valence-corrected chi connectivity index (χ1v) is 7.28. The van der Waals surface area contributed by atoms with Crippen molar-refractivity contribution in [2.45, 2.75) is 27.2 Å². The van der Waals surface area contributed by atoms with E-state index in [0.717, 1.165) is 22.3 Å². The molecule has 2 aromatic carbocycles. The van der Waals surface area contributed by atoms with Gasteiger partial charge in [0.15, 0.2) is 17.3 Å². The lowest BCUT2D eigenvalue weighted by Gasteiger charge is -2.13. The van der Waals surface area contributed by atoms with Crippen LogP contribution in [-0.2, 0) is 6.42 Å². The van der Waals surface area contributed by atoms with E-state index in [0.29, 0.717) is 23.5 Å². The van der Waals surface area contributed by atoms with E-state index in [9.17, 15) is 4.79 Å². The Balaban J connectivity index is 2.35. The normalized spacial score (nSPS) is 10.4. The highest BCUT2D eigenvalue weighted by Crippen LogP contribution is 2.31. The molecule has 22 heavy (non-hydrogen) atoms. The van der Waals surface area contributed by atoms with Crippen molar-refractivity contribution < 1.29 is 14.3 Å². The number of carbonyl (C=O) groups is 1. The quantitative estimate of drug-likeness (QED) is 0.781. The molecule has 0 bridgehead atoms. The number of ketones is 1. The molecule has 0 aliphatic carbocycles. The fourth-order valence-electron chi connectivity index (χ4n) is 2.54. The van der Waals surface area contributed by atoms with Gasteiger partial charge in [0.1, 0.15) is 0 Å². The molecular weight excluding hydrogens is 276 g/mol. The summed E-state index contributed by atoms with van der Waals surface area (Å²) in [5.41, 5.74) is 4.94. The molecule has 0 fully saturated rings. The third-order valence-corrected chi connectivity index (χ3v) is 3.89. The smallest absolute Gasteiger partial charge is 0.167 e. The van der Waals surface area contributed by atoms with Crippen LogP contribution in [0.1, 0.15) is 32.6 Å². The lowest BCUT2D eigenvalue weighted by Crippen LogP contribution is -2.08. The molecule has 0 spiro atoms. The van der Waals surface area contributed by atoms with Gasteiger partial charge in [-0.1, -0.05) is 23.8 Å². The Labute approximate surface area is 131 Å². The van der Waals surface area contributed by atoms with Gasteiger partial charge in [-0.2, -0.15) is 0 Å². The van der Waals surface area contributed by atoms with Crippen LogP contribution in [0.3, 0.4) is 0 Å². The number of carbonyl (C=O) groups excluding carboxylic acids is 1. The Bertz CT molecular complexity index is 702. The molecule has 0 saturated carbocycles. The van der Waals surface area contributed by atoms with Crippen LogP contribution in [0, 0.1) is 20.8 Å². The van der Waals surface area contributed by atoms with E-state index in [4.69, 9.17) is 9.47 Å². The summed E-state index contributed by atoms with van der Waals surface area (Å²) in [6.45, 7) is 5.98. The number of benzene rings is 2. The summed E-state index contributed by atoms with van der Waals surface area (Å²) < 4.78 is 10.6. The third kappa shape index (κ3) is 3.30. The first-order chi connectivity index (χ1) is 10.5. The Morgan fingerprint density at radius 2 is 1.55 bits per heavy atom. The first-order valence-electron chi connectivity index (χ1n) is 7.28. The molecule has 2 aromatic rings. The van der Waals surface area contributed by atoms with Gasteiger partial charge in [-0.05, 0) is 49.6 Å². The van der Waals surface area contributed by atoms with Crippen molar-refractivity contribution >= 4 is 5.78 Å². The van der Waals surface area contributed by atoms with E-state index in [2.05, 4.69) is 18.2 Å². The number of rotatable bonds is 5. The SMILES string of the molecule is COc1cc(C)c(C(=O)Cc2cc(C)ccc2C)cc1OC. The summed E-state index contributed by atoms with van der Waals surface area (Å²) in [5.74, 6) is 1.31. The number of aryl methyl sites for hydroxylation is 3. The predicted octanol–water partition coefficient (Wildman–Crippen LogP) is 4.05. The average Bonchev–Trinajstić information content (AvgIpc) is 2.50. The van der Waals surface area contributed by atoms with Gasteiger partial charge in [-0.15, -0.1) is 0 Å². The second kappa shape index (κ2) is 6.65. The van der Waals surface area contributed by atoms with Crippen molar-refractivity contribution in [3.05, 3.63) is 58.1 Å². The molecule has 0 aliphatic rings. The largest absolute Gasteiger partial charge is 0.493 e. The molecule has 3 heteroatoms. The van der Waals surface area contributed by atoms with E-state index < -0.39 is 0 Å². The van der Waals surface area contributed by atoms with Crippen LogP contribution < -0.4 is 9.47 Å². The van der Waals surface area contributed by atoms with Gasteiger partial charge >= 0.3 is 0 Å². The van der Waals surface area contributed by atoms with Crippen molar-refractivity contribution in [1.82, 2.24) is 0 Å². The van der Waals surface area contributed by atoms with Gasteiger partial charge in [0.05, 0.1) is 14.2 Å². The molecule has 0 N–H and O–H groups in total. The highest BCUT2D eigenvalue weighted by atomic mass is 16.5. The monoisotopic (exact) mass is 298 g/mol. The maximum absolute atomic E-state index is 12.7. The van der Waals surface area contributed by atoms with Crippen LogP contribution in [0.5, 0.6) is 11.5 Å². The van der Waals surface area contributed by atoms with Crippen LogP contribution in [0.15, 0.2) is 30.3 Å². The van der Waals surface area contributed by atoms with Crippen LogP contribution >= 0.6 is 0 Å². The third-order valence-electron chi connectivity index (χ3n) is 3.89. The van der Waals surface area contributed by atoms with Crippen molar-refractivity contribution in [3.63, 3.8) is 0 Å². The van der Waals surface area contributed by atoms with Crippen LogP contribution in [0.4, 0.5) is 0 Å². The minimum Gasteiger partial charge on any atom is -0.493 e. The molecule has 116 valence electrons. The lowest BCUT2D eigenvalue weighted by atomic mass is 9.95. The summed E-state index contributed by atoms with van der Waals surface area (Å²) in [5, 5.41) is 0. The molecule has 0 radical (unpaired) electrons. The van der Waals surface area contributed by atoms with E-state index in [1.807, 2.05) is 26.8 Å². The summed E-state index contributed by atoms with van der Waals surface area (Å²) in [6, 6.07) is 9.80. The molecule has 0 aromatic heterocycles. The standard InChI is InChI=1S/C19H22O3/c1-12-6-7-13(2)15(8-12)10-17(20)16-11-19(22-5)18(21-4)9-14(16)3/h6-9,11H,10H2,1-5H3. The molecule has 0 atom stereocenters. The molecule has 0 aliphatic heterocycles.